The van der Waals surface area contributed by atoms with Gasteiger partial charge in [-0.1, -0.05) is 35.9 Å². The van der Waals surface area contributed by atoms with Crippen LogP contribution < -0.4 is 15.6 Å². The van der Waals surface area contributed by atoms with Gasteiger partial charge in [0.15, 0.2) is 0 Å². The van der Waals surface area contributed by atoms with E-state index in [1.54, 1.807) is 24.3 Å². The number of halogens is 1. The molecule has 0 radical (unpaired) electrons. The van der Waals surface area contributed by atoms with E-state index < -0.39 is 5.91 Å². The van der Waals surface area contributed by atoms with E-state index in [0.717, 1.165) is 0 Å². The van der Waals surface area contributed by atoms with Crippen molar-refractivity contribution in [2.24, 2.45) is 0 Å². The highest BCUT2D eigenvalue weighted by Gasteiger charge is 2.10. The van der Waals surface area contributed by atoms with Gasteiger partial charge in [-0.25, -0.2) is 4.68 Å². The molecule has 0 saturated carbocycles. The van der Waals surface area contributed by atoms with E-state index >= 15 is 0 Å². The summed E-state index contributed by atoms with van der Waals surface area (Å²) in [5, 5.41) is 7.31. The fraction of sp³-hybridized carbons (Fsp3) is 0.105. The van der Waals surface area contributed by atoms with Crippen molar-refractivity contribution in [2.45, 2.75) is 6.54 Å². The van der Waals surface area contributed by atoms with Crippen molar-refractivity contribution < 1.29 is 9.53 Å². The summed E-state index contributed by atoms with van der Waals surface area (Å²) in [5.41, 5.74) is 0.375. The Morgan fingerprint density at radius 1 is 1.08 bits per heavy atom. The van der Waals surface area contributed by atoms with Crippen LogP contribution in [-0.2, 0) is 6.54 Å². The second-order valence-corrected chi connectivity index (χ2v) is 5.84. The Morgan fingerprint density at radius 2 is 1.88 bits per heavy atom. The molecule has 1 N–H and O–H groups in total. The van der Waals surface area contributed by atoms with Crippen molar-refractivity contribution in [1.29, 1.82) is 0 Å². The lowest BCUT2D eigenvalue weighted by molar-refractivity contribution is 0.101. The van der Waals surface area contributed by atoms with Gasteiger partial charge in [-0.2, -0.15) is 5.10 Å². The molecule has 3 rings (SSSR count). The molecule has 0 unspecified atom stereocenters. The van der Waals surface area contributed by atoms with Crippen LogP contribution in [0.3, 0.4) is 0 Å². The van der Waals surface area contributed by atoms with Crippen LogP contribution in [0.4, 0.5) is 5.69 Å². The number of ether oxygens (including phenoxy) is 1. The molecule has 1 heterocycles. The van der Waals surface area contributed by atoms with E-state index in [-0.39, 0.29) is 24.4 Å². The summed E-state index contributed by atoms with van der Waals surface area (Å²) < 4.78 is 6.76. The third-order valence-electron chi connectivity index (χ3n) is 3.50. The number of amides is 1. The Hall–Kier alpha value is -3.12. The number of rotatable bonds is 6. The van der Waals surface area contributed by atoms with Crippen molar-refractivity contribution in [3.63, 3.8) is 0 Å². The molecule has 3 aromatic rings. The smallest absolute Gasteiger partial charge is 0.276 e. The summed E-state index contributed by atoms with van der Waals surface area (Å²) in [6, 6.07) is 18.7. The maximum Gasteiger partial charge on any atom is 0.276 e. The van der Waals surface area contributed by atoms with Crippen LogP contribution in [0.2, 0.25) is 5.02 Å². The van der Waals surface area contributed by atoms with Gasteiger partial charge in [0.05, 0.1) is 6.54 Å². The number of hydrogen-bond donors (Lipinski definition) is 1. The standard InChI is InChI=1S/C19H16ClN3O3/c20-14-5-4-6-15(13-14)21-19(25)17-9-10-18(24)23(22-17)11-12-26-16-7-2-1-3-8-16/h1-10,13H,11-12H2,(H,21,25). The lowest BCUT2D eigenvalue weighted by Crippen LogP contribution is -2.28. The van der Waals surface area contributed by atoms with E-state index in [2.05, 4.69) is 10.4 Å². The van der Waals surface area contributed by atoms with Crippen LogP contribution in [0.25, 0.3) is 0 Å². The van der Waals surface area contributed by atoms with E-state index in [1.165, 1.54) is 16.8 Å². The first kappa shape index (κ1) is 17.7. The lowest BCUT2D eigenvalue weighted by atomic mass is 10.3. The third kappa shape index (κ3) is 4.70. The van der Waals surface area contributed by atoms with Crippen LogP contribution in [0.15, 0.2) is 71.5 Å². The van der Waals surface area contributed by atoms with Crippen molar-refractivity contribution in [3.05, 3.63) is 87.8 Å². The van der Waals surface area contributed by atoms with E-state index in [1.807, 2.05) is 30.3 Å². The van der Waals surface area contributed by atoms with Crippen molar-refractivity contribution in [1.82, 2.24) is 9.78 Å². The minimum atomic E-state index is -0.426. The fourth-order valence-electron chi connectivity index (χ4n) is 2.26. The first-order valence-electron chi connectivity index (χ1n) is 7.95. The molecule has 0 spiro atoms. The number of carbonyl (C=O) groups excluding carboxylic acids is 1. The summed E-state index contributed by atoms with van der Waals surface area (Å²) in [6.45, 7) is 0.488. The molecule has 1 aromatic heterocycles. The predicted octanol–water partition coefficient (Wildman–Crippen LogP) is 3.23. The molecule has 0 saturated heterocycles. The number of aromatic nitrogens is 2. The highest BCUT2D eigenvalue weighted by Crippen LogP contribution is 2.15. The molecule has 0 atom stereocenters. The number of carbonyl (C=O) groups is 1. The fourth-order valence-corrected chi connectivity index (χ4v) is 2.45. The predicted molar refractivity (Wildman–Crippen MR) is 99.8 cm³/mol. The van der Waals surface area contributed by atoms with Gasteiger partial charge in [-0.05, 0) is 36.4 Å². The second kappa shape index (κ2) is 8.31. The molecule has 6 nitrogen and oxygen atoms in total. The van der Waals surface area contributed by atoms with Gasteiger partial charge in [0.2, 0.25) is 0 Å². The van der Waals surface area contributed by atoms with Crippen LogP contribution >= 0.6 is 11.6 Å². The molecule has 0 aliphatic rings. The van der Waals surface area contributed by atoms with Crippen molar-refractivity contribution in [3.8, 4) is 5.75 Å². The minimum Gasteiger partial charge on any atom is -0.492 e. The molecular formula is C19H16ClN3O3. The van der Waals surface area contributed by atoms with Crippen LogP contribution in [0.1, 0.15) is 10.5 Å². The van der Waals surface area contributed by atoms with E-state index in [9.17, 15) is 9.59 Å². The van der Waals surface area contributed by atoms with Gasteiger partial charge in [0.1, 0.15) is 18.1 Å². The Balaban J connectivity index is 1.66. The third-order valence-corrected chi connectivity index (χ3v) is 3.73. The number of nitrogens with zero attached hydrogens (tertiary/aromatic N) is 2. The number of benzene rings is 2. The Bertz CT molecular complexity index is 957. The zero-order valence-electron chi connectivity index (χ0n) is 13.8. The molecule has 0 bridgehead atoms. The van der Waals surface area contributed by atoms with Gasteiger partial charge >= 0.3 is 0 Å². The lowest BCUT2D eigenvalue weighted by Gasteiger charge is -2.09. The highest BCUT2D eigenvalue weighted by atomic mass is 35.5. The topological polar surface area (TPSA) is 73.2 Å². The molecule has 7 heteroatoms. The summed E-state index contributed by atoms with van der Waals surface area (Å²) >= 11 is 5.90. The quantitative estimate of drug-likeness (QED) is 0.724. The van der Waals surface area contributed by atoms with E-state index in [0.29, 0.717) is 16.5 Å². The van der Waals surface area contributed by atoms with Gasteiger partial charge in [-0.15, -0.1) is 0 Å². The monoisotopic (exact) mass is 369 g/mol. The second-order valence-electron chi connectivity index (χ2n) is 5.41. The summed E-state index contributed by atoms with van der Waals surface area (Å²) in [6.07, 6.45) is 0. The molecule has 0 fully saturated rings. The maximum absolute atomic E-state index is 12.3. The van der Waals surface area contributed by atoms with Crippen LogP contribution in [0.5, 0.6) is 5.75 Å². The molecular weight excluding hydrogens is 354 g/mol. The Morgan fingerprint density at radius 3 is 2.65 bits per heavy atom. The number of para-hydroxylation sites is 1. The minimum absolute atomic E-state index is 0.129. The first-order chi connectivity index (χ1) is 12.6. The van der Waals surface area contributed by atoms with Crippen molar-refractivity contribution in [2.75, 3.05) is 11.9 Å². The average Bonchev–Trinajstić information content (AvgIpc) is 2.64. The highest BCUT2D eigenvalue weighted by molar-refractivity contribution is 6.30. The molecule has 0 aliphatic carbocycles. The Kier molecular flexibility index (Phi) is 5.66. The Labute approximate surface area is 155 Å². The number of nitrogens with one attached hydrogen (secondary N) is 1. The molecule has 1 amide bonds. The molecule has 0 aliphatic heterocycles. The zero-order chi connectivity index (χ0) is 18.4. The van der Waals surface area contributed by atoms with Gasteiger partial charge in [0.25, 0.3) is 11.5 Å². The average molecular weight is 370 g/mol. The normalized spacial score (nSPS) is 10.3. The molecule has 26 heavy (non-hydrogen) atoms. The molecule has 132 valence electrons. The summed E-state index contributed by atoms with van der Waals surface area (Å²) in [5.74, 6) is 0.278. The van der Waals surface area contributed by atoms with E-state index in [4.69, 9.17) is 16.3 Å². The van der Waals surface area contributed by atoms with Crippen LogP contribution in [-0.4, -0.2) is 22.3 Å². The van der Waals surface area contributed by atoms with Gasteiger partial charge < -0.3 is 10.1 Å². The van der Waals surface area contributed by atoms with Gasteiger partial charge in [-0.3, -0.25) is 9.59 Å². The summed E-state index contributed by atoms with van der Waals surface area (Å²) in [4.78, 5) is 24.3. The first-order valence-corrected chi connectivity index (χ1v) is 8.32. The zero-order valence-corrected chi connectivity index (χ0v) is 14.5. The molecule has 2 aromatic carbocycles. The van der Waals surface area contributed by atoms with Crippen molar-refractivity contribution >= 4 is 23.2 Å². The SMILES string of the molecule is O=C(Nc1cccc(Cl)c1)c1ccc(=O)n(CCOc2ccccc2)n1. The number of anilines is 1. The van der Waals surface area contributed by atoms with Crippen LogP contribution in [0, 0.1) is 0 Å². The summed E-state index contributed by atoms with van der Waals surface area (Å²) in [7, 11) is 0. The van der Waals surface area contributed by atoms with Gasteiger partial charge in [0, 0.05) is 16.8 Å². The number of hydrogen-bond acceptors (Lipinski definition) is 4. The maximum atomic E-state index is 12.3. The largest absolute Gasteiger partial charge is 0.492 e.